The summed E-state index contributed by atoms with van der Waals surface area (Å²) < 4.78 is 5.22. The Balaban J connectivity index is 1.55. The van der Waals surface area contributed by atoms with E-state index in [1.165, 1.54) is 18.4 Å². The van der Waals surface area contributed by atoms with Crippen LogP contribution in [0.25, 0.3) is 0 Å². The third-order valence-electron chi connectivity index (χ3n) is 7.37. The van der Waals surface area contributed by atoms with Crippen molar-refractivity contribution in [3.63, 3.8) is 0 Å². The number of carbonyl (C=O) groups excluding carboxylic acids is 2. The number of ether oxygens (including phenoxy) is 1. The van der Waals surface area contributed by atoms with Gasteiger partial charge in [0, 0.05) is 25.1 Å². The predicted octanol–water partition coefficient (Wildman–Crippen LogP) is 3.80. The van der Waals surface area contributed by atoms with Gasteiger partial charge in [-0.2, -0.15) is 0 Å². The number of Topliss-reactive ketones (excluding diaryl/α,β-unsaturated/α-hetero) is 2. The van der Waals surface area contributed by atoms with Gasteiger partial charge in [0.25, 0.3) is 0 Å². The van der Waals surface area contributed by atoms with Gasteiger partial charge in [0.15, 0.2) is 11.6 Å². The maximum absolute atomic E-state index is 13.4. The minimum absolute atomic E-state index is 0.0328. The van der Waals surface area contributed by atoms with Crippen LogP contribution in [0.1, 0.15) is 67.9 Å². The number of aryl methyl sites for hydroxylation is 1. The van der Waals surface area contributed by atoms with Crippen molar-refractivity contribution in [1.82, 2.24) is 4.90 Å². The van der Waals surface area contributed by atoms with E-state index < -0.39 is 0 Å². The van der Waals surface area contributed by atoms with Gasteiger partial charge in [-0.05, 0) is 67.5 Å². The van der Waals surface area contributed by atoms with Crippen LogP contribution in [-0.2, 0) is 21.4 Å². The Morgan fingerprint density at radius 3 is 2.82 bits per heavy atom. The third kappa shape index (κ3) is 3.57. The van der Waals surface area contributed by atoms with E-state index >= 15 is 0 Å². The third-order valence-corrected chi connectivity index (χ3v) is 7.37. The van der Waals surface area contributed by atoms with Crippen LogP contribution in [0.2, 0.25) is 0 Å². The van der Waals surface area contributed by atoms with E-state index in [1.807, 2.05) is 19.1 Å². The van der Waals surface area contributed by atoms with Crippen molar-refractivity contribution in [3.8, 4) is 0 Å². The number of piperidine rings is 1. The second-order valence-electron chi connectivity index (χ2n) is 9.26. The maximum Gasteiger partial charge on any atom is 0.180 e. The summed E-state index contributed by atoms with van der Waals surface area (Å²) in [5.74, 6) is 1.58. The van der Waals surface area contributed by atoms with Gasteiger partial charge in [-0.1, -0.05) is 32.0 Å². The molecule has 2 bridgehead atoms. The second kappa shape index (κ2) is 7.72. The number of nitrogens with zero attached hydrogens (tertiary/aromatic N) is 1. The zero-order valence-electron chi connectivity index (χ0n) is 17.5. The molecule has 2 aliphatic carbocycles. The molecule has 0 unspecified atom stereocenters. The minimum Gasteiger partial charge on any atom is -0.374 e. The lowest BCUT2D eigenvalue weighted by Gasteiger charge is -2.53. The number of fused-ring (bicyclic) bond motifs is 4. The first-order valence-electron chi connectivity index (χ1n) is 10.9. The van der Waals surface area contributed by atoms with Crippen LogP contribution in [-0.4, -0.2) is 48.8 Å². The van der Waals surface area contributed by atoms with Crippen molar-refractivity contribution in [2.24, 2.45) is 11.8 Å². The number of ketones is 2. The number of hydrogen-bond donors (Lipinski definition) is 0. The Hall–Kier alpha value is -1.52. The molecule has 0 N–H and O–H groups in total. The highest BCUT2D eigenvalue weighted by molar-refractivity contribution is 6.03. The van der Waals surface area contributed by atoms with Crippen molar-refractivity contribution in [2.75, 3.05) is 26.3 Å². The number of rotatable bonds is 8. The zero-order chi connectivity index (χ0) is 19.9. The average molecular weight is 384 g/mol. The Morgan fingerprint density at radius 1 is 1.32 bits per heavy atom. The fourth-order valence-electron chi connectivity index (χ4n) is 5.18. The van der Waals surface area contributed by atoms with Crippen LogP contribution < -0.4 is 0 Å². The summed E-state index contributed by atoms with van der Waals surface area (Å²) in [5, 5.41) is 0. The predicted molar refractivity (Wildman–Crippen MR) is 110 cm³/mol. The van der Waals surface area contributed by atoms with E-state index in [-0.39, 0.29) is 23.8 Å². The quantitative estimate of drug-likeness (QED) is 0.685. The molecule has 1 aromatic carbocycles. The average Bonchev–Trinajstić information content (AvgIpc) is 3.50. The van der Waals surface area contributed by atoms with Crippen LogP contribution in [0.3, 0.4) is 0 Å². The van der Waals surface area contributed by atoms with Crippen molar-refractivity contribution in [2.45, 2.75) is 64.3 Å². The monoisotopic (exact) mass is 383 g/mol. The first-order valence-corrected chi connectivity index (χ1v) is 10.9. The summed E-state index contributed by atoms with van der Waals surface area (Å²) >= 11 is 0. The molecule has 4 nitrogen and oxygen atoms in total. The van der Waals surface area contributed by atoms with Gasteiger partial charge in [-0.15, -0.1) is 0 Å². The van der Waals surface area contributed by atoms with Crippen LogP contribution in [0.4, 0.5) is 0 Å². The molecule has 4 rings (SSSR count). The highest BCUT2D eigenvalue weighted by Gasteiger charge is 2.52. The molecule has 3 atom stereocenters. The van der Waals surface area contributed by atoms with Crippen LogP contribution >= 0.6 is 0 Å². The molecule has 152 valence electrons. The van der Waals surface area contributed by atoms with Gasteiger partial charge in [-0.3, -0.25) is 14.5 Å². The van der Waals surface area contributed by atoms with E-state index in [1.54, 1.807) is 0 Å². The first-order chi connectivity index (χ1) is 13.4. The normalized spacial score (nSPS) is 29.6. The van der Waals surface area contributed by atoms with Crippen LogP contribution in [0, 0.1) is 11.8 Å². The molecular weight excluding hydrogens is 350 g/mol. The number of carbonyl (C=O) groups is 2. The van der Waals surface area contributed by atoms with Gasteiger partial charge in [0.2, 0.25) is 0 Å². The second-order valence-corrected chi connectivity index (χ2v) is 9.26. The number of hydrogen-bond acceptors (Lipinski definition) is 4. The lowest BCUT2D eigenvalue weighted by molar-refractivity contribution is -0.123. The lowest BCUT2D eigenvalue weighted by atomic mass is 9.58. The molecular formula is C24H33NO3. The highest BCUT2D eigenvalue weighted by atomic mass is 16.5. The fraction of sp³-hybridized carbons (Fsp3) is 0.667. The largest absolute Gasteiger partial charge is 0.374 e. The van der Waals surface area contributed by atoms with Crippen molar-refractivity contribution < 1.29 is 14.3 Å². The molecule has 1 saturated carbocycles. The van der Waals surface area contributed by atoms with E-state index in [2.05, 4.69) is 24.8 Å². The van der Waals surface area contributed by atoms with E-state index in [9.17, 15) is 9.59 Å². The summed E-state index contributed by atoms with van der Waals surface area (Å²) in [6.07, 6.45) is 4.96. The van der Waals surface area contributed by atoms with Gasteiger partial charge in [0.1, 0.15) is 6.61 Å². The Bertz CT molecular complexity index is 769. The Kier molecular flexibility index (Phi) is 5.45. The minimum atomic E-state index is 0.0328. The molecule has 1 aromatic rings. The lowest BCUT2D eigenvalue weighted by Crippen LogP contribution is -2.61. The van der Waals surface area contributed by atoms with E-state index in [0.717, 1.165) is 43.0 Å². The SMILES string of the molecule is CCOCC(=O)CCc1ccc2c(c1)[C@@]1(C)CCN(CC3CC3)[C@H](C2=O)[C@@H]1C. The summed E-state index contributed by atoms with van der Waals surface area (Å²) in [5.41, 5.74) is 3.32. The molecule has 0 spiro atoms. The van der Waals surface area contributed by atoms with Gasteiger partial charge in [-0.25, -0.2) is 0 Å². The molecule has 1 aliphatic heterocycles. The highest BCUT2D eigenvalue weighted by Crippen LogP contribution is 2.49. The molecule has 1 heterocycles. The van der Waals surface area contributed by atoms with Crippen molar-refractivity contribution in [3.05, 3.63) is 34.9 Å². The van der Waals surface area contributed by atoms with Gasteiger partial charge >= 0.3 is 0 Å². The molecule has 2 fully saturated rings. The first kappa shape index (κ1) is 19.8. The Labute approximate surface area is 168 Å². The molecule has 0 amide bonds. The maximum atomic E-state index is 13.4. The topological polar surface area (TPSA) is 46.6 Å². The van der Waals surface area contributed by atoms with Gasteiger partial charge in [0.05, 0.1) is 6.04 Å². The summed E-state index contributed by atoms with van der Waals surface area (Å²) in [6.45, 7) is 9.39. The van der Waals surface area contributed by atoms with Crippen LogP contribution in [0.15, 0.2) is 18.2 Å². The van der Waals surface area contributed by atoms with Crippen molar-refractivity contribution >= 4 is 11.6 Å². The molecule has 28 heavy (non-hydrogen) atoms. The number of benzene rings is 1. The standard InChI is InChI=1S/C24H33NO3/c1-4-28-15-19(26)9-7-17-8-10-20-21(13-17)24(3)11-12-25(14-18-5-6-18)22(16(24)2)23(20)27/h8,10,13,16,18,22H,4-7,9,11-12,14-15H2,1-3H3/t16-,22-,24-/m0/s1. The smallest absolute Gasteiger partial charge is 0.180 e. The van der Waals surface area contributed by atoms with Gasteiger partial charge < -0.3 is 4.74 Å². The molecule has 1 saturated heterocycles. The van der Waals surface area contributed by atoms with Crippen molar-refractivity contribution in [1.29, 1.82) is 0 Å². The molecule has 0 aromatic heterocycles. The van der Waals surface area contributed by atoms with E-state index in [0.29, 0.717) is 24.7 Å². The summed E-state index contributed by atoms with van der Waals surface area (Å²) in [7, 11) is 0. The van der Waals surface area contributed by atoms with E-state index in [4.69, 9.17) is 4.74 Å². The fourth-order valence-corrected chi connectivity index (χ4v) is 5.18. The molecule has 0 radical (unpaired) electrons. The summed E-state index contributed by atoms with van der Waals surface area (Å²) in [4.78, 5) is 27.8. The zero-order valence-corrected chi connectivity index (χ0v) is 17.5. The Morgan fingerprint density at radius 2 is 2.11 bits per heavy atom. The number of likely N-dealkylation sites (tertiary alicyclic amines) is 1. The molecule has 3 aliphatic rings. The van der Waals surface area contributed by atoms with Crippen LogP contribution in [0.5, 0.6) is 0 Å². The molecule has 4 heteroatoms. The summed E-state index contributed by atoms with van der Waals surface area (Å²) in [6, 6.07) is 6.32.